The number of aromatic nitrogens is 1. The fourth-order valence-electron chi connectivity index (χ4n) is 2.14. The fraction of sp³-hybridized carbons (Fsp3) is 0.231. The Hall–Kier alpha value is -1.89. The van der Waals surface area contributed by atoms with Crippen LogP contribution in [0.4, 0.5) is 8.78 Å². The van der Waals surface area contributed by atoms with Crippen molar-refractivity contribution in [3.8, 4) is 0 Å². The molecule has 0 N–H and O–H groups in total. The van der Waals surface area contributed by atoms with Crippen LogP contribution in [0.1, 0.15) is 17.3 Å². The number of ether oxygens (including phenoxy) is 1. The molecule has 104 valence electrons. The standard InChI is InChI=1S/C13H9F2NO3S/c1-2-19-13(18)10-11(17)6-3-7(14)8(15)4-9(6)16-5-20-12(10)16/h3-4H,2,5H2,1H3. The number of thioether (sulfide) groups is 1. The Bertz CT molecular complexity index is 801. The number of hydrogen-bond acceptors (Lipinski definition) is 4. The summed E-state index contributed by atoms with van der Waals surface area (Å²) < 4.78 is 33.1. The molecule has 0 radical (unpaired) electrons. The van der Waals surface area contributed by atoms with E-state index in [1.807, 2.05) is 0 Å². The topological polar surface area (TPSA) is 48.3 Å². The van der Waals surface area contributed by atoms with Gasteiger partial charge in [0, 0.05) is 11.5 Å². The van der Waals surface area contributed by atoms with Crippen molar-refractivity contribution >= 4 is 28.6 Å². The zero-order valence-electron chi connectivity index (χ0n) is 10.4. The quantitative estimate of drug-likeness (QED) is 0.799. The van der Waals surface area contributed by atoms with Gasteiger partial charge in [0.25, 0.3) is 0 Å². The SMILES string of the molecule is CCOC(=O)c1c2n(c3cc(F)c(F)cc3c1=O)CS2. The first-order valence-electron chi connectivity index (χ1n) is 5.90. The minimum Gasteiger partial charge on any atom is -0.462 e. The molecule has 3 rings (SSSR count). The third kappa shape index (κ3) is 1.73. The summed E-state index contributed by atoms with van der Waals surface area (Å²) in [5.41, 5.74) is -0.451. The maximum absolute atomic E-state index is 13.3. The van der Waals surface area contributed by atoms with E-state index >= 15 is 0 Å². The van der Waals surface area contributed by atoms with E-state index in [1.54, 1.807) is 11.5 Å². The maximum Gasteiger partial charge on any atom is 0.344 e. The Morgan fingerprint density at radius 3 is 2.70 bits per heavy atom. The van der Waals surface area contributed by atoms with Gasteiger partial charge in [0.05, 0.1) is 23.0 Å². The monoisotopic (exact) mass is 297 g/mol. The van der Waals surface area contributed by atoms with E-state index < -0.39 is 23.0 Å². The molecule has 4 nitrogen and oxygen atoms in total. The Balaban J connectivity index is 2.37. The molecule has 1 aromatic heterocycles. The van der Waals surface area contributed by atoms with Crippen molar-refractivity contribution in [2.24, 2.45) is 0 Å². The Labute approximate surface area is 116 Å². The number of carbonyl (C=O) groups excluding carboxylic acids is 1. The number of fused-ring (bicyclic) bond motifs is 3. The molecule has 0 unspecified atom stereocenters. The summed E-state index contributed by atoms with van der Waals surface area (Å²) in [5, 5.41) is 0.419. The van der Waals surface area contributed by atoms with E-state index in [-0.39, 0.29) is 23.1 Å². The fourth-order valence-corrected chi connectivity index (χ4v) is 3.08. The van der Waals surface area contributed by atoms with Gasteiger partial charge in [-0.1, -0.05) is 11.8 Å². The van der Waals surface area contributed by atoms with Crippen molar-refractivity contribution in [2.45, 2.75) is 17.8 Å². The average Bonchev–Trinajstić information content (AvgIpc) is 2.36. The predicted molar refractivity (Wildman–Crippen MR) is 69.9 cm³/mol. The molecule has 0 bridgehead atoms. The average molecular weight is 297 g/mol. The lowest BCUT2D eigenvalue weighted by molar-refractivity contribution is 0.0518. The third-order valence-corrected chi connectivity index (χ3v) is 4.16. The molecule has 0 amide bonds. The van der Waals surface area contributed by atoms with Crippen LogP contribution in [-0.2, 0) is 10.6 Å². The zero-order valence-corrected chi connectivity index (χ0v) is 11.2. The lowest BCUT2D eigenvalue weighted by Gasteiger charge is -2.26. The van der Waals surface area contributed by atoms with Crippen molar-refractivity contribution in [2.75, 3.05) is 6.61 Å². The van der Waals surface area contributed by atoms with Crippen molar-refractivity contribution in [3.05, 3.63) is 39.6 Å². The van der Waals surface area contributed by atoms with Gasteiger partial charge in [0.15, 0.2) is 11.6 Å². The van der Waals surface area contributed by atoms with Gasteiger partial charge in [0.2, 0.25) is 5.43 Å². The number of rotatable bonds is 2. The Morgan fingerprint density at radius 2 is 2.10 bits per heavy atom. The number of carbonyl (C=O) groups is 1. The van der Waals surface area contributed by atoms with Gasteiger partial charge in [-0.05, 0) is 13.0 Å². The number of nitrogens with zero attached hydrogens (tertiary/aromatic N) is 1. The molecule has 1 aromatic carbocycles. The maximum atomic E-state index is 13.3. The summed E-state index contributed by atoms with van der Waals surface area (Å²) in [6, 6.07) is 1.80. The lowest BCUT2D eigenvalue weighted by atomic mass is 10.1. The van der Waals surface area contributed by atoms with Crippen molar-refractivity contribution in [1.29, 1.82) is 0 Å². The number of halogens is 2. The van der Waals surface area contributed by atoms with E-state index in [9.17, 15) is 18.4 Å². The molecule has 0 atom stereocenters. The molecule has 7 heteroatoms. The molecule has 0 saturated heterocycles. The minimum atomic E-state index is -1.11. The van der Waals surface area contributed by atoms with Crippen LogP contribution in [0.25, 0.3) is 10.9 Å². The van der Waals surface area contributed by atoms with Crippen molar-refractivity contribution in [1.82, 2.24) is 4.57 Å². The first-order chi connectivity index (χ1) is 9.54. The molecule has 2 heterocycles. The molecule has 1 aliphatic rings. The van der Waals surface area contributed by atoms with E-state index in [0.29, 0.717) is 10.9 Å². The first kappa shape index (κ1) is 13.1. The van der Waals surface area contributed by atoms with Crippen molar-refractivity contribution < 1.29 is 18.3 Å². The molecule has 1 aliphatic heterocycles. The molecular weight excluding hydrogens is 288 g/mol. The predicted octanol–water partition coefficient (Wildman–Crippen LogP) is 2.52. The normalized spacial score (nSPS) is 12.9. The van der Waals surface area contributed by atoms with Gasteiger partial charge in [0.1, 0.15) is 5.56 Å². The Morgan fingerprint density at radius 1 is 1.40 bits per heavy atom. The summed E-state index contributed by atoms with van der Waals surface area (Å²) >= 11 is 1.30. The largest absolute Gasteiger partial charge is 0.462 e. The third-order valence-electron chi connectivity index (χ3n) is 3.07. The summed E-state index contributed by atoms with van der Waals surface area (Å²) in [6.07, 6.45) is 0. The summed E-state index contributed by atoms with van der Waals surface area (Å²) in [7, 11) is 0. The number of pyridine rings is 1. The highest BCUT2D eigenvalue weighted by Crippen LogP contribution is 2.36. The summed E-state index contributed by atoms with van der Waals surface area (Å²) in [4.78, 5) is 24.1. The molecule has 0 spiro atoms. The van der Waals surface area contributed by atoms with Gasteiger partial charge in [-0.25, -0.2) is 13.6 Å². The highest BCUT2D eigenvalue weighted by atomic mass is 32.2. The second kappa shape index (κ2) is 4.59. The van der Waals surface area contributed by atoms with Crippen LogP contribution in [0.5, 0.6) is 0 Å². The van der Waals surface area contributed by atoms with Gasteiger partial charge < -0.3 is 9.30 Å². The van der Waals surface area contributed by atoms with Gasteiger partial charge in [-0.15, -0.1) is 0 Å². The van der Waals surface area contributed by atoms with Crippen LogP contribution in [-0.4, -0.2) is 17.1 Å². The summed E-state index contributed by atoms with van der Waals surface area (Å²) in [6.45, 7) is 1.77. The van der Waals surface area contributed by atoms with Crippen LogP contribution in [0.15, 0.2) is 22.0 Å². The molecule has 20 heavy (non-hydrogen) atoms. The molecule has 0 aliphatic carbocycles. The van der Waals surface area contributed by atoms with E-state index in [4.69, 9.17) is 4.74 Å². The van der Waals surface area contributed by atoms with Crippen LogP contribution < -0.4 is 5.43 Å². The second-order valence-corrected chi connectivity index (χ2v) is 5.15. The van der Waals surface area contributed by atoms with E-state index in [1.165, 1.54) is 11.8 Å². The van der Waals surface area contributed by atoms with Gasteiger partial charge in [-0.2, -0.15) is 0 Å². The second-order valence-electron chi connectivity index (χ2n) is 4.21. The number of hydrogen-bond donors (Lipinski definition) is 0. The zero-order chi connectivity index (χ0) is 14.4. The van der Waals surface area contributed by atoms with Gasteiger partial charge >= 0.3 is 5.97 Å². The van der Waals surface area contributed by atoms with E-state index in [0.717, 1.165) is 12.1 Å². The van der Waals surface area contributed by atoms with Crippen LogP contribution in [0.2, 0.25) is 0 Å². The van der Waals surface area contributed by atoms with Gasteiger partial charge in [-0.3, -0.25) is 4.79 Å². The van der Waals surface area contributed by atoms with E-state index in [2.05, 4.69) is 0 Å². The molecule has 0 fully saturated rings. The number of esters is 1. The smallest absolute Gasteiger partial charge is 0.344 e. The first-order valence-corrected chi connectivity index (χ1v) is 6.88. The Kier molecular flexibility index (Phi) is 3.01. The van der Waals surface area contributed by atoms with Crippen LogP contribution in [0, 0.1) is 11.6 Å². The lowest BCUT2D eigenvalue weighted by Crippen LogP contribution is -2.27. The minimum absolute atomic E-state index is 0.0176. The highest BCUT2D eigenvalue weighted by Gasteiger charge is 2.29. The highest BCUT2D eigenvalue weighted by molar-refractivity contribution is 7.99. The van der Waals surface area contributed by atoms with Crippen molar-refractivity contribution in [3.63, 3.8) is 0 Å². The molecular formula is C13H9F2NO3S. The van der Waals surface area contributed by atoms with Crippen LogP contribution >= 0.6 is 11.8 Å². The summed E-state index contributed by atoms with van der Waals surface area (Å²) in [5.74, 6) is -2.40. The number of benzene rings is 1. The molecule has 0 saturated carbocycles. The molecule has 2 aromatic rings. The van der Waals surface area contributed by atoms with Crippen LogP contribution in [0.3, 0.4) is 0 Å².